The molecule has 0 aromatic heterocycles. The molecule has 1 aliphatic heterocycles. The van der Waals surface area contributed by atoms with Crippen LogP contribution in [-0.2, 0) is 6.54 Å². The Morgan fingerprint density at radius 2 is 2.25 bits per heavy atom. The van der Waals surface area contributed by atoms with Crippen molar-refractivity contribution >= 4 is 28.3 Å². The number of rotatable bonds is 2. The monoisotopic (exact) mass is 308 g/mol. The molecule has 1 aromatic carbocycles. The number of nitrogens with zero attached hydrogens (tertiary/aromatic N) is 1. The second-order valence-electron chi connectivity index (χ2n) is 4.02. The van der Waals surface area contributed by atoms with Gasteiger partial charge in [0.15, 0.2) is 0 Å². The largest absolute Gasteiger partial charge is 0.326 e. The van der Waals surface area contributed by atoms with Crippen LogP contribution in [-0.4, -0.2) is 24.0 Å². The molecule has 1 heterocycles. The number of halogens is 3. The van der Waals surface area contributed by atoms with Crippen molar-refractivity contribution in [1.82, 2.24) is 4.90 Å². The summed E-state index contributed by atoms with van der Waals surface area (Å²) in [6, 6.07) is 5.06. The first kappa shape index (κ1) is 13.9. The molecule has 2 nitrogen and oxygen atoms in total. The molecule has 0 aliphatic carbocycles. The van der Waals surface area contributed by atoms with Crippen LogP contribution in [0.4, 0.5) is 4.39 Å². The third kappa shape index (κ3) is 3.42. The molecule has 1 fully saturated rings. The van der Waals surface area contributed by atoms with Crippen molar-refractivity contribution < 1.29 is 4.39 Å². The molecular weight excluding hydrogens is 294 g/mol. The average Bonchev–Trinajstić information content (AvgIpc) is 2.58. The third-order valence-corrected chi connectivity index (χ3v) is 3.48. The van der Waals surface area contributed by atoms with Gasteiger partial charge in [-0.3, -0.25) is 4.90 Å². The molecule has 0 bridgehead atoms. The first-order chi connectivity index (χ1) is 7.15. The summed E-state index contributed by atoms with van der Waals surface area (Å²) in [5, 5.41) is 0. The highest BCUT2D eigenvalue weighted by molar-refractivity contribution is 9.10. The van der Waals surface area contributed by atoms with Crippen LogP contribution in [0.2, 0.25) is 0 Å². The van der Waals surface area contributed by atoms with Crippen molar-refractivity contribution in [2.45, 2.75) is 19.0 Å². The van der Waals surface area contributed by atoms with E-state index >= 15 is 0 Å². The highest BCUT2D eigenvalue weighted by Gasteiger charge is 2.19. The van der Waals surface area contributed by atoms with E-state index in [4.69, 9.17) is 5.73 Å². The highest BCUT2D eigenvalue weighted by atomic mass is 79.9. The number of nitrogens with two attached hydrogens (primary N) is 1. The van der Waals surface area contributed by atoms with Crippen LogP contribution >= 0.6 is 28.3 Å². The van der Waals surface area contributed by atoms with Gasteiger partial charge in [-0.1, -0.05) is 15.9 Å². The normalized spacial score (nSPS) is 20.8. The molecule has 1 atom stereocenters. The Balaban J connectivity index is 0.00000128. The van der Waals surface area contributed by atoms with Crippen molar-refractivity contribution in [3.05, 3.63) is 34.1 Å². The Morgan fingerprint density at radius 3 is 2.88 bits per heavy atom. The molecule has 1 unspecified atom stereocenters. The van der Waals surface area contributed by atoms with Crippen LogP contribution in [0.15, 0.2) is 22.7 Å². The first-order valence-electron chi connectivity index (χ1n) is 5.07. The van der Waals surface area contributed by atoms with Crippen LogP contribution in [0.3, 0.4) is 0 Å². The van der Waals surface area contributed by atoms with Gasteiger partial charge >= 0.3 is 0 Å². The molecule has 2 rings (SSSR count). The van der Waals surface area contributed by atoms with E-state index in [1.54, 1.807) is 12.1 Å². The van der Waals surface area contributed by atoms with Crippen LogP contribution in [0.25, 0.3) is 0 Å². The lowest BCUT2D eigenvalue weighted by Gasteiger charge is -2.16. The molecule has 0 saturated carbocycles. The van der Waals surface area contributed by atoms with Gasteiger partial charge in [-0.25, -0.2) is 4.39 Å². The van der Waals surface area contributed by atoms with Crippen molar-refractivity contribution in [1.29, 1.82) is 0 Å². The fourth-order valence-electron chi connectivity index (χ4n) is 1.91. The molecule has 2 N–H and O–H groups in total. The molecule has 5 heteroatoms. The van der Waals surface area contributed by atoms with Crippen molar-refractivity contribution in [2.24, 2.45) is 5.73 Å². The fraction of sp³-hybridized carbons (Fsp3) is 0.455. The second kappa shape index (κ2) is 5.96. The summed E-state index contributed by atoms with van der Waals surface area (Å²) in [6.45, 7) is 2.68. The summed E-state index contributed by atoms with van der Waals surface area (Å²) in [5.74, 6) is -0.184. The first-order valence-corrected chi connectivity index (χ1v) is 5.86. The van der Waals surface area contributed by atoms with Gasteiger partial charge in [-0.2, -0.15) is 0 Å². The summed E-state index contributed by atoms with van der Waals surface area (Å²) < 4.78 is 14.0. The zero-order valence-electron chi connectivity index (χ0n) is 8.83. The van der Waals surface area contributed by atoms with Gasteiger partial charge in [0.1, 0.15) is 5.82 Å². The summed E-state index contributed by atoms with van der Waals surface area (Å²) in [7, 11) is 0. The van der Waals surface area contributed by atoms with E-state index < -0.39 is 0 Å². The van der Waals surface area contributed by atoms with Crippen LogP contribution in [0.5, 0.6) is 0 Å². The maximum atomic E-state index is 13.0. The molecular formula is C11H15BrClFN2. The number of benzene rings is 1. The summed E-state index contributed by atoms with van der Waals surface area (Å²) >= 11 is 3.43. The van der Waals surface area contributed by atoms with Gasteiger partial charge in [0.25, 0.3) is 0 Å². The summed E-state index contributed by atoms with van der Waals surface area (Å²) in [5.41, 5.74) is 6.81. The molecule has 0 spiro atoms. The Labute approximate surface area is 110 Å². The zero-order chi connectivity index (χ0) is 10.8. The lowest BCUT2D eigenvalue weighted by Crippen LogP contribution is -2.26. The van der Waals surface area contributed by atoms with E-state index in [2.05, 4.69) is 20.8 Å². The van der Waals surface area contributed by atoms with Crippen molar-refractivity contribution in [2.75, 3.05) is 13.1 Å². The summed E-state index contributed by atoms with van der Waals surface area (Å²) in [6.07, 6.45) is 1.03. The number of hydrogen-bond acceptors (Lipinski definition) is 2. The molecule has 0 amide bonds. The minimum Gasteiger partial charge on any atom is -0.326 e. The van der Waals surface area contributed by atoms with E-state index in [9.17, 15) is 4.39 Å². The Bertz CT molecular complexity index is 362. The van der Waals surface area contributed by atoms with Gasteiger partial charge < -0.3 is 5.73 Å². The lowest BCUT2D eigenvalue weighted by molar-refractivity contribution is 0.325. The molecule has 0 radical (unpaired) electrons. The maximum Gasteiger partial charge on any atom is 0.123 e. The zero-order valence-corrected chi connectivity index (χ0v) is 11.2. The molecule has 16 heavy (non-hydrogen) atoms. The maximum absolute atomic E-state index is 13.0. The number of likely N-dealkylation sites (tertiary alicyclic amines) is 1. The van der Waals surface area contributed by atoms with Gasteiger partial charge in [0, 0.05) is 30.1 Å². The van der Waals surface area contributed by atoms with E-state index in [1.165, 1.54) is 6.07 Å². The SMILES string of the molecule is Cl.NC1CCN(Cc2cc(F)ccc2Br)C1. The van der Waals surface area contributed by atoms with E-state index in [0.717, 1.165) is 36.1 Å². The standard InChI is InChI=1S/C11H14BrFN2.ClH/c12-11-2-1-9(13)5-8(11)6-15-4-3-10(14)7-15;/h1-2,5,10H,3-4,6-7,14H2;1H. The average molecular weight is 310 g/mol. The lowest BCUT2D eigenvalue weighted by atomic mass is 10.2. The minimum absolute atomic E-state index is 0. The molecule has 1 aliphatic rings. The predicted octanol–water partition coefficient (Wildman–Crippen LogP) is 2.54. The topological polar surface area (TPSA) is 29.3 Å². The Kier molecular flexibility index (Phi) is 5.18. The molecule has 1 aromatic rings. The van der Waals surface area contributed by atoms with E-state index in [0.29, 0.717) is 0 Å². The van der Waals surface area contributed by atoms with Gasteiger partial charge in [-0.15, -0.1) is 12.4 Å². The van der Waals surface area contributed by atoms with Gasteiger partial charge in [0.2, 0.25) is 0 Å². The molecule has 1 saturated heterocycles. The van der Waals surface area contributed by atoms with Crippen molar-refractivity contribution in [3.8, 4) is 0 Å². The van der Waals surface area contributed by atoms with Crippen molar-refractivity contribution in [3.63, 3.8) is 0 Å². The van der Waals surface area contributed by atoms with Crippen LogP contribution in [0, 0.1) is 5.82 Å². The Morgan fingerprint density at radius 1 is 1.50 bits per heavy atom. The van der Waals surface area contributed by atoms with E-state index in [1.807, 2.05) is 0 Å². The second-order valence-corrected chi connectivity index (χ2v) is 4.87. The molecule has 90 valence electrons. The fourth-order valence-corrected chi connectivity index (χ4v) is 2.28. The van der Waals surface area contributed by atoms with Crippen LogP contribution in [0.1, 0.15) is 12.0 Å². The number of hydrogen-bond donors (Lipinski definition) is 1. The third-order valence-electron chi connectivity index (χ3n) is 2.71. The smallest absolute Gasteiger partial charge is 0.123 e. The summed E-state index contributed by atoms with van der Waals surface area (Å²) in [4.78, 5) is 2.25. The minimum atomic E-state index is -0.184. The highest BCUT2D eigenvalue weighted by Crippen LogP contribution is 2.21. The van der Waals surface area contributed by atoms with Gasteiger partial charge in [0.05, 0.1) is 0 Å². The van der Waals surface area contributed by atoms with E-state index in [-0.39, 0.29) is 24.3 Å². The quantitative estimate of drug-likeness (QED) is 0.910. The predicted molar refractivity (Wildman–Crippen MR) is 69.2 cm³/mol. The van der Waals surface area contributed by atoms with Gasteiger partial charge in [-0.05, 0) is 30.2 Å². The Hall–Kier alpha value is -0.160. The van der Waals surface area contributed by atoms with Crippen LogP contribution < -0.4 is 5.73 Å².